The number of H-pyrrole nitrogens is 1. The number of carbonyl (C=O) groups excluding carboxylic acids is 1. The number of aromatic hydroxyl groups is 1. The molecule has 1 spiro atoms. The molecular weight excluding hydrogens is 384 g/mol. The Kier molecular flexibility index (Phi) is 3.47. The van der Waals surface area contributed by atoms with Crippen molar-refractivity contribution in [2.75, 3.05) is 24.5 Å². The number of hydrogen-bond donors (Lipinski definition) is 2. The van der Waals surface area contributed by atoms with Crippen LogP contribution in [0, 0.1) is 0 Å². The summed E-state index contributed by atoms with van der Waals surface area (Å²) in [6.45, 7) is 2.07. The van der Waals surface area contributed by atoms with Crippen molar-refractivity contribution in [3.63, 3.8) is 0 Å². The number of rotatable bonds is 2. The first-order valence-electron chi connectivity index (χ1n) is 9.84. The number of aromatic amines is 1. The monoisotopic (exact) mass is 404 g/mol. The van der Waals surface area contributed by atoms with Crippen molar-refractivity contribution in [1.29, 1.82) is 0 Å². The fourth-order valence-electron chi connectivity index (χ4n) is 4.66. The van der Waals surface area contributed by atoms with Crippen molar-refractivity contribution in [2.45, 2.75) is 18.4 Å². The number of fused-ring (bicyclic) bond motifs is 2. The lowest BCUT2D eigenvalue weighted by Gasteiger charge is -2.43. The summed E-state index contributed by atoms with van der Waals surface area (Å²) in [6, 6.07) is 10.1. The second kappa shape index (κ2) is 5.97. The Hall–Kier alpha value is -3.06. The van der Waals surface area contributed by atoms with Gasteiger partial charge in [-0.05, 0) is 25.0 Å². The number of anilines is 1. The Labute approximate surface area is 171 Å². The summed E-state index contributed by atoms with van der Waals surface area (Å²) in [4.78, 5) is 25.1. The van der Waals surface area contributed by atoms with Crippen LogP contribution in [0.15, 0.2) is 48.1 Å². The highest BCUT2D eigenvalue weighted by molar-refractivity contribution is 7.17. The minimum Gasteiger partial charge on any atom is -0.504 e. The number of hydrogen-bond acceptors (Lipinski definition) is 5. The van der Waals surface area contributed by atoms with Crippen molar-refractivity contribution < 1.29 is 9.90 Å². The second-order valence-electron chi connectivity index (χ2n) is 7.98. The van der Waals surface area contributed by atoms with Crippen LogP contribution in [0.25, 0.3) is 21.1 Å². The lowest BCUT2D eigenvalue weighted by atomic mass is 10.1. The van der Waals surface area contributed by atoms with E-state index >= 15 is 0 Å². The van der Waals surface area contributed by atoms with Crippen molar-refractivity contribution >= 4 is 44.1 Å². The van der Waals surface area contributed by atoms with E-state index in [1.807, 2.05) is 35.8 Å². The van der Waals surface area contributed by atoms with Gasteiger partial charge in [-0.15, -0.1) is 11.3 Å². The van der Waals surface area contributed by atoms with Crippen LogP contribution in [0.5, 0.6) is 5.75 Å². The minimum atomic E-state index is -0.142. The quantitative estimate of drug-likeness (QED) is 0.530. The van der Waals surface area contributed by atoms with Crippen LogP contribution in [0.2, 0.25) is 0 Å². The highest BCUT2D eigenvalue weighted by atomic mass is 32.1. The molecule has 0 atom stereocenters. The summed E-state index contributed by atoms with van der Waals surface area (Å²) >= 11 is 1.63. The molecule has 1 aromatic carbocycles. The molecule has 146 valence electrons. The van der Waals surface area contributed by atoms with Gasteiger partial charge in [0.25, 0.3) is 5.91 Å². The molecule has 1 aliphatic heterocycles. The van der Waals surface area contributed by atoms with Crippen LogP contribution in [-0.4, -0.2) is 51.1 Å². The zero-order valence-corrected chi connectivity index (χ0v) is 16.6. The number of piperazine rings is 1. The number of pyridine rings is 1. The fraction of sp³-hybridized carbons (Fsp3) is 0.273. The fourth-order valence-corrected chi connectivity index (χ4v) is 5.60. The molecule has 0 unspecified atom stereocenters. The van der Waals surface area contributed by atoms with Crippen molar-refractivity contribution in [1.82, 2.24) is 14.9 Å². The number of nitrogens with zero attached hydrogens (tertiary/aromatic N) is 3. The molecule has 1 saturated heterocycles. The zero-order chi connectivity index (χ0) is 19.6. The number of amides is 1. The Balaban J connectivity index is 1.33. The van der Waals surface area contributed by atoms with Gasteiger partial charge in [0.1, 0.15) is 5.65 Å². The van der Waals surface area contributed by atoms with Crippen LogP contribution in [0.1, 0.15) is 23.2 Å². The first-order chi connectivity index (χ1) is 14.2. The highest BCUT2D eigenvalue weighted by Gasteiger charge is 2.53. The van der Waals surface area contributed by atoms with Gasteiger partial charge in [-0.3, -0.25) is 4.79 Å². The van der Waals surface area contributed by atoms with Gasteiger partial charge in [-0.2, -0.15) is 0 Å². The maximum Gasteiger partial charge on any atom is 0.255 e. The molecule has 1 aliphatic carbocycles. The minimum absolute atomic E-state index is 0.130. The maximum absolute atomic E-state index is 13.5. The van der Waals surface area contributed by atoms with Gasteiger partial charge >= 0.3 is 0 Å². The summed E-state index contributed by atoms with van der Waals surface area (Å²) in [5.74, 6) is 0.321. The summed E-state index contributed by atoms with van der Waals surface area (Å²) in [7, 11) is 0. The molecule has 2 N–H and O–H groups in total. The zero-order valence-electron chi connectivity index (χ0n) is 15.8. The maximum atomic E-state index is 13.5. The molecule has 4 heterocycles. The average Bonchev–Trinajstić information content (AvgIpc) is 3.16. The lowest BCUT2D eigenvalue weighted by molar-refractivity contribution is 0.0627. The molecular formula is C22H20N4O2S. The van der Waals surface area contributed by atoms with Gasteiger partial charge in [-0.25, -0.2) is 4.98 Å². The average molecular weight is 404 g/mol. The topological polar surface area (TPSA) is 72.5 Å². The molecule has 1 amide bonds. The Morgan fingerprint density at radius 3 is 2.90 bits per heavy atom. The van der Waals surface area contributed by atoms with E-state index in [0.29, 0.717) is 13.1 Å². The molecule has 2 aliphatic rings. The van der Waals surface area contributed by atoms with Gasteiger partial charge in [0.15, 0.2) is 5.75 Å². The molecule has 3 aromatic heterocycles. The number of benzene rings is 1. The van der Waals surface area contributed by atoms with Crippen LogP contribution in [-0.2, 0) is 0 Å². The van der Waals surface area contributed by atoms with Crippen LogP contribution < -0.4 is 4.90 Å². The number of aromatic nitrogens is 2. The van der Waals surface area contributed by atoms with E-state index in [0.717, 1.165) is 51.8 Å². The predicted octanol–water partition coefficient (Wildman–Crippen LogP) is 3.98. The van der Waals surface area contributed by atoms with E-state index in [-0.39, 0.29) is 17.2 Å². The standard InChI is InChI=1S/C22H20N4O2S/c27-17-11-24-20-15(5-8-23-20)19(17)25-9-10-26(22(13-25)6-7-22)21(28)16-12-29-18-4-2-1-3-14(16)18/h1-5,8,11-12,27H,6-7,9-10,13H2,(H,23,24). The Morgan fingerprint density at radius 2 is 2.03 bits per heavy atom. The van der Waals surface area contributed by atoms with Crippen LogP contribution >= 0.6 is 11.3 Å². The predicted molar refractivity (Wildman–Crippen MR) is 115 cm³/mol. The molecule has 6 rings (SSSR count). The normalized spacial score (nSPS) is 18.1. The van der Waals surface area contributed by atoms with Gasteiger partial charge in [0.2, 0.25) is 0 Å². The number of carbonyl (C=O) groups is 1. The molecule has 4 aromatic rings. The van der Waals surface area contributed by atoms with Crippen molar-refractivity contribution in [3.05, 3.63) is 53.7 Å². The first-order valence-corrected chi connectivity index (χ1v) is 10.7. The van der Waals surface area contributed by atoms with E-state index in [1.54, 1.807) is 11.3 Å². The highest BCUT2D eigenvalue weighted by Crippen LogP contribution is 2.48. The summed E-state index contributed by atoms with van der Waals surface area (Å²) in [5, 5.41) is 14.5. The number of thiophene rings is 1. The first kappa shape index (κ1) is 16.9. The van der Waals surface area contributed by atoms with E-state index in [1.165, 1.54) is 6.20 Å². The smallest absolute Gasteiger partial charge is 0.255 e. The van der Waals surface area contributed by atoms with E-state index in [4.69, 9.17) is 0 Å². The molecule has 2 fully saturated rings. The Morgan fingerprint density at radius 1 is 1.17 bits per heavy atom. The SMILES string of the molecule is O=C(c1csc2ccccc12)N1CCN(c2c(O)cnc3[nH]ccc23)CC12CC2. The van der Waals surface area contributed by atoms with Crippen molar-refractivity contribution in [3.8, 4) is 5.75 Å². The third-order valence-electron chi connectivity index (χ3n) is 6.29. The molecule has 7 heteroatoms. The third-order valence-corrected chi connectivity index (χ3v) is 7.25. The Bertz CT molecular complexity index is 1260. The molecule has 1 saturated carbocycles. The van der Waals surface area contributed by atoms with Gasteiger partial charge < -0.3 is 19.9 Å². The van der Waals surface area contributed by atoms with Gasteiger partial charge in [0, 0.05) is 46.7 Å². The second-order valence-corrected chi connectivity index (χ2v) is 8.89. The summed E-state index contributed by atoms with van der Waals surface area (Å²) in [6.07, 6.45) is 5.34. The van der Waals surface area contributed by atoms with E-state index < -0.39 is 0 Å². The van der Waals surface area contributed by atoms with Gasteiger partial charge in [0.05, 0.1) is 23.0 Å². The number of nitrogens with one attached hydrogen (secondary N) is 1. The molecule has 6 nitrogen and oxygen atoms in total. The van der Waals surface area contributed by atoms with E-state index in [2.05, 4.69) is 25.8 Å². The summed E-state index contributed by atoms with van der Waals surface area (Å²) < 4.78 is 1.15. The summed E-state index contributed by atoms with van der Waals surface area (Å²) in [5.41, 5.74) is 2.25. The van der Waals surface area contributed by atoms with Gasteiger partial charge in [-0.1, -0.05) is 18.2 Å². The molecule has 29 heavy (non-hydrogen) atoms. The van der Waals surface area contributed by atoms with Crippen LogP contribution in [0.3, 0.4) is 0 Å². The third kappa shape index (κ3) is 2.47. The van der Waals surface area contributed by atoms with Crippen LogP contribution in [0.4, 0.5) is 5.69 Å². The van der Waals surface area contributed by atoms with E-state index in [9.17, 15) is 9.90 Å². The van der Waals surface area contributed by atoms with Crippen molar-refractivity contribution in [2.24, 2.45) is 0 Å². The molecule has 0 bridgehead atoms. The largest absolute Gasteiger partial charge is 0.504 e. The molecule has 0 radical (unpaired) electrons. The lowest BCUT2D eigenvalue weighted by Crippen LogP contribution is -2.57.